The van der Waals surface area contributed by atoms with Gasteiger partial charge in [0.2, 0.25) is 0 Å². The predicted molar refractivity (Wildman–Crippen MR) is 64.7 cm³/mol. The number of rotatable bonds is 4. The van der Waals surface area contributed by atoms with E-state index in [-0.39, 0.29) is 23.6 Å². The standard InChI is InChI=1S/C12H10FN3O4/c1-2-20-12(19)10-9(14-16-15-10)6-4-3-5-7(13)8(6)11(17)18/h3-5H,2H2,1H3,(H,17,18)(H,14,15,16). The van der Waals surface area contributed by atoms with Crippen LogP contribution in [0.5, 0.6) is 0 Å². The molecule has 2 N–H and O–H groups in total. The van der Waals surface area contributed by atoms with Crippen LogP contribution in [0.25, 0.3) is 11.3 Å². The minimum absolute atomic E-state index is 0.0469. The first-order chi connectivity index (χ1) is 9.56. The van der Waals surface area contributed by atoms with Crippen molar-refractivity contribution in [2.45, 2.75) is 6.92 Å². The van der Waals surface area contributed by atoms with E-state index in [2.05, 4.69) is 15.4 Å². The molecule has 0 bridgehead atoms. The number of ether oxygens (including phenoxy) is 1. The van der Waals surface area contributed by atoms with Crippen LogP contribution in [0.1, 0.15) is 27.8 Å². The predicted octanol–water partition coefficient (Wildman–Crippen LogP) is 1.49. The van der Waals surface area contributed by atoms with Gasteiger partial charge in [-0.3, -0.25) is 0 Å². The molecular weight excluding hydrogens is 269 g/mol. The molecule has 7 nitrogen and oxygen atoms in total. The first-order valence-corrected chi connectivity index (χ1v) is 5.66. The molecule has 0 aliphatic rings. The highest BCUT2D eigenvalue weighted by molar-refractivity contribution is 6.00. The molecule has 0 aliphatic heterocycles. The fraction of sp³-hybridized carbons (Fsp3) is 0.167. The van der Waals surface area contributed by atoms with Crippen LogP contribution >= 0.6 is 0 Å². The summed E-state index contributed by atoms with van der Waals surface area (Å²) in [6.45, 7) is 1.74. The third kappa shape index (κ3) is 2.35. The Balaban J connectivity index is 2.59. The van der Waals surface area contributed by atoms with Gasteiger partial charge in [-0.2, -0.15) is 10.3 Å². The van der Waals surface area contributed by atoms with Crippen LogP contribution in [-0.4, -0.2) is 39.1 Å². The molecule has 2 aromatic rings. The largest absolute Gasteiger partial charge is 0.478 e. The first kappa shape index (κ1) is 13.7. The van der Waals surface area contributed by atoms with Crippen molar-refractivity contribution in [3.05, 3.63) is 35.3 Å². The van der Waals surface area contributed by atoms with E-state index in [1.807, 2.05) is 0 Å². The van der Waals surface area contributed by atoms with Crippen LogP contribution in [0.4, 0.5) is 4.39 Å². The highest BCUT2D eigenvalue weighted by atomic mass is 19.1. The van der Waals surface area contributed by atoms with Crippen molar-refractivity contribution < 1.29 is 23.8 Å². The van der Waals surface area contributed by atoms with E-state index in [0.717, 1.165) is 6.07 Å². The van der Waals surface area contributed by atoms with Gasteiger partial charge in [-0.05, 0) is 13.0 Å². The number of H-pyrrole nitrogens is 1. The summed E-state index contributed by atoms with van der Waals surface area (Å²) < 4.78 is 18.4. The molecule has 8 heteroatoms. The Kier molecular flexibility index (Phi) is 3.74. The second kappa shape index (κ2) is 5.47. The van der Waals surface area contributed by atoms with Gasteiger partial charge < -0.3 is 9.84 Å². The van der Waals surface area contributed by atoms with E-state index in [1.54, 1.807) is 6.92 Å². The number of benzene rings is 1. The molecule has 0 spiro atoms. The number of aromatic nitrogens is 3. The highest BCUT2D eigenvalue weighted by Crippen LogP contribution is 2.26. The summed E-state index contributed by atoms with van der Waals surface area (Å²) in [5, 5.41) is 18.6. The lowest BCUT2D eigenvalue weighted by atomic mass is 10.0. The maximum atomic E-state index is 13.6. The van der Waals surface area contributed by atoms with Crippen molar-refractivity contribution in [3.8, 4) is 11.3 Å². The number of hydrogen-bond acceptors (Lipinski definition) is 5. The van der Waals surface area contributed by atoms with Crippen molar-refractivity contribution in [3.63, 3.8) is 0 Å². The lowest BCUT2D eigenvalue weighted by Gasteiger charge is -2.05. The molecule has 104 valence electrons. The van der Waals surface area contributed by atoms with Gasteiger partial charge in [-0.15, -0.1) is 5.10 Å². The van der Waals surface area contributed by atoms with Crippen LogP contribution in [0.15, 0.2) is 18.2 Å². The van der Waals surface area contributed by atoms with E-state index in [4.69, 9.17) is 9.84 Å². The van der Waals surface area contributed by atoms with Gasteiger partial charge in [0.1, 0.15) is 17.1 Å². The Morgan fingerprint density at radius 2 is 2.15 bits per heavy atom. The second-order valence-electron chi connectivity index (χ2n) is 3.71. The maximum Gasteiger partial charge on any atom is 0.361 e. The van der Waals surface area contributed by atoms with E-state index < -0.39 is 23.3 Å². The molecule has 0 saturated carbocycles. The second-order valence-corrected chi connectivity index (χ2v) is 3.71. The fourth-order valence-electron chi connectivity index (χ4n) is 1.70. The molecule has 0 aliphatic carbocycles. The van der Waals surface area contributed by atoms with Crippen molar-refractivity contribution in [1.82, 2.24) is 15.4 Å². The number of nitrogens with zero attached hydrogens (tertiary/aromatic N) is 2. The lowest BCUT2D eigenvalue weighted by molar-refractivity contribution is 0.0519. The number of hydrogen-bond donors (Lipinski definition) is 2. The zero-order chi connectivity index (χ0) is 14.7. The lowest BCUT2D eigenvalue weighted by Crippen LogP contribution is -2.09. The third-order valence-electron chi connectivity index (χ3n) is 2.50. The maximum absolute atomic E-state index is 13.6. The molecule has 1 aromatic heterocycles. The minimum atomic E-state index is -1.46. The first-order valence-electron chi connectivity index (χ1n) is 5.66. The molecule has 0 radical (unpaired) electrons. The molecular formula is C12H10FN3O4. The number of carbonyl (C=O) groups is 2. The summed E-state index contributed by atoms with van der Waals surface area (Å²) in [5.74, 6) is -3.15. The average Bonchev–Trinajstić information content (AvgIpc) is 2.87. The van der Waals surface area contributed by atoms with Crippen LogP contribution in [0.3, 0.4) is 0 Å². The van der Waals surface area contributed by atoms with Gasteiger partial charge >= 0.3 is 11.9 Å². The Bertz CT molecular complexity index is 668. The molecule has 2 rings (SSSR count). The van der Waals surface area contributed by atoms with Gasteiger partial charge in [-0.1, -0.05) is 12.1 Å². The average molecular weight is 279 g/mol. The van der Waals surface area contributed by atoms with Gasteiger partial charge in [0, 0.05) is 5.56 Å². The van der Waals surface area contributed by atoms with E-state index in [1.165, 1.54) is 12.1 Å². The summed E-state index contributed by atoms with van der Waals surface area (Å²) in [6.07, 6.45) is 0. The number of carboxylic acid groups (broad SMARTS) is 1. The Hall–Kier alpha value is -2.77. The molecule has 0 unspecified atom stereocenters. The topological polar surface area (TPSA) is 105 Å². The quantitative estimate of drug-likeness (QED) is 0.821. The number of esters is 1. The molecule has 1 heterocycles. The molecule has 1 aromatic carbocycles. The third-order valence-corrected chi connectivity index (χ3v) is 2.50. The highest BCUT2D eigenvalue weighted by Gasteiger charge is 2.25. The van der Waals surface area contributed by atoms with E-state index >= 15 is 0 Å². The minimum Gasteiger partial charge on any atom is -0.478 e. The van der Waals surface area contributed by atoms with Gasteiger partial charge in [0.25, 0.3) is 0 Å². The van der Waals surface area contributed by atoms with Crippen LogP contribution < -0.4 is 0 Å². The van der Waals surface area contributed by atoms with Crippen LogP contribution in [-0.2, 0) is 4.74 Å². The number of nitrogens with one attached hydrogen (secondary N) is 1. The monoisotopic (exact) mass is 279 g/mol. The van der Waals surface area contributed by atoms with Crippen molar-refractivity contribution >= 4 is 11.9 Å². The van der Waals surface area contributed by atoms with Gasteiger partial charge in [0.15, 0.2) is 5.69 Å². The smallest absolute Gasteiger partial charge is 0.361 e. The number of carbonyl (C=O) groups excluding carboxylic acids is 1. The zero-order valence-corrected chi connectivity index (χ0v) is 10.4. The van der Waals surface area contributed by atoms with Crippen molar-refractivity contribution in [1.29, 1.82) is 0 Å². The Morgan fingerprint density at radius 3 is 2.80 bits per heavy atom. The van der Waals surface area contributed by atoms with E-state index in [0.29, 0.717) is 0 Å². The summed E-state index contributed by atoms with van der Waals surface area (Å²) in [6, 6.07) is 3.67. The molecule has 0 fully saturated rings. The Labute approximate surface area is 112 Å². The molecule has 0 saturated heterocycles. The van der Waals surface area contributed by atoms with Crippen LogP contribution in [0.2, 0.25) is 0 Å². The normalized spacial score (nSPS) is 10.3. The van der Waals surface area contributed by atoms with Crippen molar-refractivity contribution in [2.75, 3.05) is 6.61 Å². The number of aromatic amines is 1. The number of aromatic carboxylic acids is 1. The van der Waals surface area contributed by atoms with Gasteiger partial charge in [-0.25, -0.2) is 14.0 Å². The molecule has 20 heavy (non-hydrogen) atoms. The molecule has 0 atom stereocenters. The number of halogens is 1. The molecule has 0 amide bonds. The summed E-state index contributed by atoms with van der Waals surface area (Å²) in [4.78, 5) is 22.8. The van der Waals surface area contributed by atoms with Gasteiger partial charge in [0.05, 0.1) is 6.61 Å². The zero-order valence-electron chi connectivity index (χ0n) is 10.4. The van der Waals surface area contributed by atoms with E-state index in [9.17, 15) is 14.0 Å². The van der Waals surface area contributed by atoms with Crippen LogP contribution in [0, 0.1) is 5.82 Å². The number of carboxylic acids is 1. The Morgan fingerprint density at radius 1 is 1.40 bits per heavy atom. The SMILES string of the molecule is CCOC(=O)c1n[nH]nc1-c1cccc(F)c1C(=O)O. The van der Waals surface area contributed by atoms with Crippen molar-refractivity contribution in [2.24, 2.45) is 0 Å². The summed E-state index contributed by atoms with van der Waals surface area (Å²) in [5.41, 5.74) is -0.887. The fourth-order valence-corrected chi connectivity index (χ4v) is 1.70. The summed E-state index contributed by atoms with van der Waals surface area (Å²) >= 11 is 0. The summed E-state index contributed by atoms with van der Waals surface area (Å²) in [7, 11) is 0.